The number of carbonyl (C=O) groups is 2. The van der Waals surface area contributed by atoms with Gasteiger partial charge >= 0.3 is 0 Å². The summed E-state index contributed by atoms with van der Waals surface area (Å²) in [4.78, 5) is 22.7. The van der Waals surface area contributed by atoms with E-state index in [-0.39, 0.29) is 19.0 Å². The third-order valence-electron chi connectivity index (χ3n) is 2.86. The number of primary amides is 1. The zero-order chi connectivity index (χ0) is 15.9. The van der Waals surface area contributed by atoms with Crippen LogP contribution in [-0.2, 0) is 11.4 Å². The number of nitrogens with one attached hydrogen (secondary N) is 1. The molecule has 2 rings (SSSR count). The van der Waals surface area contributed by atoms with Crippen molar-refractivity contribution < 1.29 is 18.7 Å². The zero-order valence-electron chi connectivity index (χ0n) is 11.7. The highest BCUT2D eigenvalue weighted by molar-refractivity contribution is 5.98. The first-order valence-electron chi connectivity index (χ1n) is 6.59. The van der Waals surface area contributed by atoms with Crippen LogP contribution in [0, 0.1) is 5.82 Å². The van der Waals surface area contributed by atoms with Crippen LogP contribution in [-0.4, -0.2) is 18.4 Å². The number of ether oxygens (including phenoxy) is 1. The van der Waals surface area contributed by atoms with Gasteiger partial charge in [-0.25, -0.2) is 4.39 Å². The summed E-state index contributed by atoms with van der Waals surface area (Å²) < 4.78 is 18.4. The third-order valence-corrected chi connectivity index (χ3v) is 2.86. The van der Waals surface area contributed by atoms with Gasteiger partial charge in [-0.3, -0.25) is 9.59 Å². The lowest BCUT2D eigenvalue weighted by molar-refractivity contribution is -0.117. The van der Waals surface area contributed by atoms with E-state index < -0.39 is 11.8 Å². The minimum absolute atomic E-state index is 0.195. The molecule has 0 unspecified atom stereocenters. The maximum atomic E-state index is 12.8. The van der Waals surface area contributed by atoms with Crippen molar-refractivity contribution in [2.45, 2.75) is 6.61 Å². The Hall–Kier alpha value is -2.89. The molecule has 6 heteroatoms. The third kappa shape index (κ3) is 4.31. The minimum Gasteiger partial charge on any atom is -0.488 e. The molecule has 2 aromatic rings. The number of hydrogen-bond acceptors (Lipinski definition) is 3. The minimum atomic E-state index is -0.627. The van der Waals surface area contributed by atoms with Crippen LogP contribution < -0.4 is 15.8 Å². The Balaban J connectivity index is 2.06. The molecule has 0 aromatic heterocycles. The van der Waals surface area contributed by atoms with E-state index in [4.69, 9.17) is 10.5 Å². The number of carbonyl (C=O) groups excluding carboxylic acids is 2. The number of amides is 2. The van der Waals surface area contributed by atoms with Crippen LogP contribution in [0.5, 0.6) is 5.75 Å². The summed E-state index contributed by atoms with van der Waals surface area (Å²) in [7, 11) is 0. The first-order chi connectivity index (χ1) is 10.6. The van der Waals surface area contributed by atoms with Gasteiger partial charge in [0.25, 0.3) is 5.91 Å². The lowest BCUT2D eigenvalue weighted by Crippen LogP contribution is -2.33. The predicted molar refractivity (Wildman–Crippen MR) is 78.7 cm³/mol. The molecule has 2 aromatic carbocycles. The molecule has 22 heavy (non-hydrogen) atoms. The topological polar surface area (TPSA) is 81.4 Å². The molecule has 0 saturated heterocycles. The van der Waals surface area contributed by atoms with Crippen molar-refractivity contribution >= 4 is 11.8 Å². The molecule has 0 aliphatic heterocycles. The van der Waals surface area contributed by atoms with Gasteiger partial charge in [0.2, 0.25) is 5.91 Å². The average Bonchev–Trinajstić information content (AvgIpc) is 2.52. The maximum absolute atomic E-state index is 12.8. The SMILES string of the molecule is NC(=O)CNC(=O)c1ccccc1OCc1ccc(F)cc1. The summed E-state index contributed by atoms with van der Waals surface area (Å²) in [6.45, 7) is -0.0501. The standard InChI is InChI=1S/C16H15FN2O3/c17-12-7-5-11(6-8-12)10-22-14-4-2-1-3-13(14)16(21)19-9-15(18)20/h1-8H,9-10H2,(H2,18,20)(H,19,21). The highest BCUT2D eigenvalue weighted by Gasteiger charge is 2.12. The second kappa shape index (κ2) is 7.21. The Morgan fingerprint density at radius 3 is 2.45 bits per heavy atom. The van der Waals surface area contributed by atoms with Gasteiger partial charge in [-0.2, -0.15) is 0 Å². The summed E-state index contributed by atoms with van der Waals surface area (Å²) in [5.74, 6) is -1.03. The fraction of sp³-hybridized carbons (Fsp3) is 0.125. The van der Waals surface area contributed by atoms with Crippen LogP contribution in [0.3, 0.4) is 0 Å². The number of nitrogens with two attached hydrogens (primary N) is 1. The fourth-order valence-electron chi connectivity index (χ4n) is 1.78. The molecule has 114 valence electrons. The van der Waals surface area contributed by atoms with E-state index in [2.05, 4.69) is 5.32 Å². The second-order valence-corrected chi connectivity index (χ2v) is 4.56. The van der Waals surface area contributed by atoms with Crippen molar-refractivity contribution in [2.75, 3.05) is 6.54 Å². The van der Waals surface area contributed by atoms with Crippen LogP contribution >= 0.6 is 0 Å². The lowest BCUT2D eigenvalue weighted by Gasteiger charge is -2.11. The number of halogens is 1. The van der Waals surface area contributed by atoms with Gasteiger partial charge in [-0.1, -0.05) is 24.3 Å². The molecule has 2 amide bonds. The fourth-order valence-corrected chi connectivity index (χ4v) is 1.78. The molecule has 0 fully saturated rings. The summed E-state index contributed by atoms with van der Waals surface area (Å²) in [6, 6.07) is 12.5. The van der Waals surface area contributed by atoms with Gasteiger partial charge in [-0.05, 0) is 29.8 Å². The molecule has 0 atom stereocenters. The van der Waals surface area contributed by atoms with Crippen molar-refractivity contribution in [1.82, 2.24) is 5.32 Å². The number of benzene rings is 2. The van der Waals surface area contributed by atoms with Crippen LogP contribution in [0.25, 0.3) is 0 Å². The van der Waals surface area contributed by atoms with E-state index in [0.717, 1.165) is 5.56 Å². The monoisotopic (exact) mass is 302 g/mol. The van der Waals surface area contributed by atoms with E-state index in [1.54, 1.807) is 36.4 Å². The predicted octanol–water partition coefficient (Wildman–Crippen LogP) is 1.62. The highest BCUT2D eigenvalue weighted by atomic mass is 19.1. The molecule has 3 N–H and O–H groups in total. The molecule has 0 spiro atoms. The normalized spacial score (nSPS) is 10.0. The Bertz CT molecular complexity index is 671. The molecule has 0 aliphatic carbocycles. The summed E-state index contributed by atoms with van der Waals surface area (Å²) in [6.07, 6.45) is 0. The van der Waals surface area contributed by atoms with Gasteiger partial charge in [-0.15, -0.1) is 0 Å². The van der Waals surface area contributed by atoms with E-state index >= 15 is 0 Å². The smallest absolute Gasteiger partial charge is 0.255 e. The van der Waals surface area contributed by atoms with Gasteiger partial charge in [0.05, 0.1) is 12.1 Å². The largest absolute Gasteiger partial charge is 0.488 e. The van der Waals surface area contributed by atoms with Crippen LogP contribution in [0.15, 0.2) is 48.5 Å². The first kappa shape index (κ1) is 15.5. The number of para-hydroxylation sites is 1. The summed E-state index contributed by atoms with van der Waals surface area (Å²) >= 11 is 0. The average molecular weight is 302 g/mol. The van der Waals surface area contributed by atoms with Gasteiger partial charge in [0.15, 0.2) is 0 Å². The van der Waals surface area contributed by atoms with E-state index in [1.165, 1.54) is 12.1 Å². The van der Waals surface area contributed by atoms with Crippen molar-refractivity contribution in [3.05, 3.63) is 65.5 Å². The molecule has 0 bridgehead atoms. The van der Waals surface area contributed by atoms with E-state index in [1.807, 2.05) is 0 Å². The van der Waals surface area contributed by atoms with Crippen molar-refractivity contribution in [1.29, 1.82) is 0 Å². The molecule has 0 saturated carbocycles. The molecular formula is C16H15FN2O3. The molecule has 0 heterocycles. The van der Waals surface area contributed by atoms with E-state index in [0.29, 0.717) is 11.3 Å². The quantitative estimate of drug-likeness (QED) is 0.850. The van der Waals surface area contributed by atoms with Crippen LogP contribution in [0.2, 0.25) is 0 Å². The Morgan fingerprint density at radius 1 is 1.09 bits per heavy atom. The zero-order valence-corrected chi connectivity index (χ0v) is 11.7. The Kier molecular flexibility index (Phi) is 5.08. The Labute approximate surface area is 126 Å². The summed E-state index contributed by atoms with van der Waals surface area (Å²) in [5.41, 5.74) is 6.06. The van der Waals surface area contributed by atoms with Gasteiger partial charge < -0.3 is 15.8 Å². The molecule has 0 radical (unpaired) electrons. The lowest BCUT2D eigenvalue weighted by atomic mass is 10.2. The number of hydrogen-bond donors (Lipinski definition) is 2. The summed E-state index contributed by atoms with van der Waals surface area (Å²) in [5, 5.41) is 2.40. The highest BCUT2D eigenvalue weighted by Crippen LogP contribution is 2.19. The molecular weight excluding hydrogens is 287 g/mol. The molecule has 0 aliphatic rings. The van der Waals surface area contributed by atoms with Crippen molar-refractivity contribution in [3.63, 3.8) is 0 Å². The first-order valence-corrected chi connectivity index (χ1v) is 6.59. The number of rotatable bonds is 6. The van der Waals surface area contributed by atoms with Crippen LogP contribution in [0.4, 0.5) is 4.39 Å². The maximum Gasteiger partial charge on any atom is 0.255 e. The second-order valence-electron chi connectivity index (χ2n) is 4.56. The van der Waals surface area contributed by atoms with Crippen LogP contribution in [0.1, 0.15) is 15.9 Å². The molecule has 5 nitrogen and oxygen atoms in total. The van der Waals surface area contributed by atoms with Crippen molar-refractivity contribution in [3.8, 4) is 5.75 Å². The van der Waals surface area contributed by atoms with Gasteiger partial charge in [0.1, 0.15) is 18.2 Å². The van der Waals surface area contributed by atoms with Gasteiger partial charge in [0, 0.05) is 0 Å². The Morgan fingerprint density at radius 2 is 1.77 bits per heavy atom. The van der Waals surface area contributed by atoms with Crippen molar-refractivity contribution in [2.24, 2.45) is 5.73 Å². The van der Waals surface area contributed by atoms with E-state index in [9.17, 15) is 14.0 Å².